The molecule has 1 aromatic heterocycles. The first-order valence-corrected chi connectivity index (χ1v) is 5.98. The number of pyridine rings is 1. The number of carbonyl (C=O) groups excluding carboxylic acids is 2. The molecule has 0 spiro atoms. The van der Waals surface area contributed by atoms with Crippen molar-refractivity contribution in [3.8, 4) is 0 Å². The molecule has 2 amide bonds. The second kappa shape index (κ2) is 6.61. The van der Waals surface area contributed by atoms with Crippen molar-refractivity contribution >= 4 is 29.1 Å². The molecule has 1 heterocycles. The van der Waals surface area contributed by atoms with Gasteiger partial charge in [0.25, 0.3) is 5.91 Å². The molecule has 0 unspecified atom stereocenters. The predicted octanol–water partition coefficient (Wildman–Crippen LogP) is 1.07. The van der Waals surface area contributed by atoms with E-state index in [1.807, 2.05) is 0 Å². The molecule has 0 aliphatic carbocycles. The number of alkyl halides is 3. The molecule has 0 radical (unpaired) electrons. The van der Waals surface area contributed by atoms with Crippen molar-refractivity contribution < 1.29 is 22.8 Å². The maximum atomic E-state index is 12.0. The Kier molecular flexibility index (Phi) is 5.36. The minimum Gasteiger partial charge on any atom is -0.397 e. The molecule has 0 aliphatic heterocycles. The van der Waals surface area contributed by atoms with Gasteiger partial charge in [-0.05, 0) is 6.07 Å². The Labute approximate surface area is 123 Å². The second-order valence-corrected chi connectivity index (χ2v) is 4.53. The summed E-state index contributed by atoms with van der Waals surface area (Å²) in [6.45, 7) is -2.01. The first-order chi connectivity index (χ1) is 9.60. The van der Waals surface area contributed by atoms with Crippen LogP contribution < -0.4 is 11.1 Å². The first-order valence-electron chi connectivity index (χ1n) is 5.60. The SMILES string of the molecule is CN(CC(=O)NCC(F)(F)F)C(=O)c1cc(Cl)ncc1N. The Hall–Kier alpha value is -2.03. The molecule has 0 aliphatic rings. The number of nitrogens with one attached hydrogen (secondary N) is 1. The highest BCUT2D eigenvalue weighted by Gasteiger charge is 2.28. The lowest BCUT2D eigenvalue weighted by molar-refractivity contribution is -0.138. The summed E-state index contributed by atoms with van der Waals surface area (Å²) in [4.78, 5) is 27.9. The summed E-state index contributed by atoms with van der Waals surface area (Å²) in [6, 6.07) is 1.21. The van der Waals surface area contributed by atoms with Crippen LogP contribution in [0.5, 0.6) is 0 Å². The molecule has 3 N–H and O–H groups in total. The highest BCUT2D eigenvalue weighted by molar-refractivity contribution is 6.29. The second-order valence-electron chi connectivity index (χ2n) is 4.15. The third kappa shape index (κ3) is 5.46. The van der Waals surface area contributed by atoms with Crippen LogP contribution in [0.2, 0.25) is 5.15 Å². The van der Waals surface area contributed by atoms with E-state index in [0.717, 1.165) is 4.90 Å². The zero-order chi connectivity index (χ0) is 16.2. The summed E-state index contributed by atoms with van der Waals surface area (Å²) in [6.07, 6.45) is -3.34. The van der Waals surface area contributed by atoms with E-state index in [9.17, 15) is 22.8 Å². The summed E-state index contributed by atoms with van der Waals surface area (Å²) in [5.74, 6) is -1.60. The number of nitrogens with two attached hydrogens (primary N) is 1. The Morgan fingerprint density at radius 1 is 1.48 bits per heavy atom. The average Bonchev–Trinajstić information content (AvgIpc) is 2.37. The van der Waals surface area contributed by atoms with Crippen molar-refractivity contribution in [2.24, 2.45) is 0 Å². The molecule has 1 aromatic rings. The number of anilines is 1. The molecule has 10 heteroatoms. The van der Waals surface area contributed by atoms with Crippen LogP contribution in [0.15, 0.2) is 12.3 Å². The van der Waals surface area contributed by atoms with Crippen molar-refractivity contribution in [2.45, 2.75) is 6.18 Å². The highest BCUT2D eigenvalue weighted by atomic mass is 35.5. The average molecular weight is 325 g/mol. The molecular formula is C11H12ClF3N4O2. The van der Waals surface area contributed by atoms with Crippen molar-refractivity contribution in [3.05, 3.63) is 23.0 Å². The summed E-state index contributed by atoms with van der Waals surface area (Å²) in [7, 11) is 1.25. The molecule has 116 valence electrons. The Balaban J connectivity index is 2.66. The van der Waals surface area contributed by atoms with Gasteiger partial charge in [-0.15, -0.1) is 0 Å². The lowest BCUT2D eigenvalue weighted by atomic mass is 10.2. The summed E-state index contributed by atoms with van der Waals surface area (Å²) in [5, 5.41) is 1.69. The van der Waals surface area contributed by atoms with Gasteiger partial charge in [-0.1, -0.05) is 11.6 Å². The number of aromatic nitrogens is 1. The molecular weight excluding hydrogens is 313 g/mol. The molecule has 0 aromatic carbocycles. The van der Waals surface area contributed by atoms with E-state index < -0.39 is 31.1 Å². The molecule has 6 nitrogen and oxygen atoms in total. The van der Waals surface area contributed by atoms with E-state index in [0.29, 0.717) is 0 Å². The van der Waals surface area contributed by atoms with Crippen LogP contribution in [0.1, 0.15) is 10.4 Å². The lowest BCUT2D eigenvalue weighted by Crippen LogP contribution is -2.41. The Bertz CT molecular complexity index is 551. The number of hydrogen-bond acceptors (Lipinski definition) is 4. The maximum absolute atomic E-state index is 12.0. The van der Waals surface area contributed by atoms with Crippen LogP contribution in [0, 0.1) is 0 Å². The fourth-order valence-corrected chi connectivity index (χ4v) is 1.53. The predicted molar refractivity (Wildman–Crippen MR) is 69.7 cm³/mol. The molecule has 21 heavy (non-hydrogen) atoms. The topological polar surface area (TPSA) is 88.3 Å². The van der Waals surface area contributed by atoms with Crippen LogP contribution in [0.3, 0.4) is 0 Å². The van der Waals surface area contributed by atoms with Gasteiger partial charge >= 0.3 is 6.18 Å². The number of amides is 2. The van der Waals surface area contributed by atoms with Crippen molar-refractivity contribution in [1.29, 1.82) is 0 Å². The Morgan fingerprint density at radius 3 is 2.67 bits per heavy atom. The number of nitrogen functional groups attached to an aromatic ring is 1. The standard InChI is InChI=1S/C11H12ClF3N4O2/c1-19(4-9(20)18-5-11(13,14)15)10(21)6-2-8(12)17-3-7(6)16/h2-3H,4-5,16H2,1H3,(H,18,20). The third-order valence-electron chi connectivity index (χ3n) is 2.35. The minimum atomic E-state index is -4.51. The van der Waals surface area contributed by atoms with E-state index in [4.69, 9.17) is 17.3 Å². The number of rotatable bonds is 4. The fourth-order valence-electron chi connectivity index (χ4n) is 1.37. The van der Waals surface area contributed by atoms with Gasteiger partial charge < -0.3 is 16.0 Å². The molecule has 0 bridgehead atoms. The van der Waals surface area contributed by atoms with Gasteiger partial charge in [0.05, 0.1) is 24.0 Å². The van der Waals surface area contributed by atoms with E-state index in [1.165, 1.54) is 19.3 Å². The van der Waals surface area contributed by atoms with E-state index in [2.05, 4.69) is 4.98 Å². The van der Waals surface area contributed by atoms with Gasteiger partial charge in [-0.25, -0.2) is 4.98 Å². The molecule has 0 atom stereocenters. The van der Waals surface area contributed by atoms with E-state index >= 15 is 0 Å². The summed E-state index contributed by atoms with van der Waals surface area (Å²) >= 11 is 5.63. The van der Waals surface area contributed by atoms with Gasteiger partial charge in [0.1, 0.15) is 11.7 Å². The summed E-state index contributed by atoms with van der Waals surface area (Å²) in [5.41, 5.74) is 5.62. The lowest BCUT2D eigenvalue weighted by Gasteiger charge is -2.18. The minimum absolute atomic E-state index is 0.0149. The molecule has 0 saturated heterocycles. The molecule has 0 fully saturated rings. The first kappa shape index (κ1) is 17.0. The smallest absolute Gasteiger partial charge is 0.397 e. The monoisotopic (exact) mass is 324 g/mol. The number of halogens is 4. The number of nitrogens with zero attached hydrogens (tertiary/aromatic N) is 2. The van der Waals surface area contributed by atoms with Crippen LogP contribution >= 0.6 is 11.6 Å². The van der Waals surface area contributed by atoms with Crippen LogP contribution in [-0.4, -0.2) is 48.0 Å². The van der Waals surface area contributed by atoms with Gasteiger partial charge in [-0.3, -0.25) is 9.59 Å². The van der Waals surface area contributed by atoms with Crippen molar-refractivity contribution in [2.75, 3.05) is 25.9 Å². The number of hydrogen-bond donors (Lipinski definition) is 2. The van der Waals surface area contributed by atoms with E-state index in [-0.39, 0.29) is 16.4 Å². The Morgan fingerprint density at radius 2 is 2.10 bits per heavy atom. The van der Waals surface area contributed by atoms with Gasteiger partial charge in [0.2, 0.25) is 5.91 Å². The van der Waals surface area contributed by atoms with Gasteiger partial charge in [0.15, 0.2) is 0 Å². The molecule has 1 rings (SSSR count). The van der Waals surface area contributed by atoms with Gasteiger partial charge in [-0.2, -0.15) is 13.2 Å². The van der Waals surface area contributed by atoms with Crippen LogP contribution in [0.4, 0.5) is 18.9 Å². The maximum Gasteiger partial charge on any atom is 0.405 e. The highest BCUT2D eigenvalue weighted by Crippen LogP contribution is 2.16. The van der Waals surface area contributed by atoms with Crippen LogP contribution in [-0.2, 0) is 4.79 Å². The van der Waals surface area contributed by atoms with Crippen molar-refractivity contribution in [3.63, 3.8) is 0 Å². The molecule has 0 saturated carbocycles. The number of carbonyl (C=O) groups is 2. The summed E-state index contributed by atoms with van der Waals surface area (Å²) < 4.78 is 35.8. The van der Waals surface area contributed by atoms with Gasteiger partial charge in [0, 0.05) is 7.05 Å². The van der Waals surface area contributed by atoms with Crippen LogP contribution in [0.25, 0.3) is 0 Å². The fraction of sp³-hybridized carbons (Fsp3) is 0.364. The zero-order valence-corrected chi connectivity index (χ0v) is 11.6. The third-order valence-corrected chi connectivity index (χ3v) is 2.55. The van der Waals surface area contributed by atoms with Crippen molar-refractivity contribution in [1.82, 2.24) is 15.2 Å². The van der Waals surface area contributed by atoms with E-state index in [1.54, 1.807) is 5.32 Å². The largest absolute Gasteiger partial charge is 0.405 e. The number of likely N-dealkylation sites (N-methyl/N-ethyl adjacent to an activating group) is 1. The zero-order valence-electron chi connectivity index (χ0n) is 10.9. The normalized spacial score (nSPS) is 11.1. The quantitative estimate of drug-likeness (QED) is 0.811.